The van der Waals surface area contributed by atoms with E-state index in [9.17, 15) is 4.79 Å². The zero-order valence-electron chi connectivity index (χ0n) is 19.9. The van der Waals surface area contributed by atoms with Gasteiger partial charge in [-0.1, -0.05) is 49.6 Å². The molecule has 180 valence electrons. The van der Waals surface area contributed by atoms with Crippen molar-refractivity contribution in [2.75, 3.05) is 20.2 Å². The Morgan fingerprint density at radius 3 is 2.56 bits per heavy atom. The molecule has 1 atom stereocenters. The highest BCUT2D eigenvalue weighted by Gasteiger charge is 2.30. The van der Waals surface area contributed by atoms with Crippen molar-refractivity contribution in [2.24, 2.45) is 5.92 Å². The minimum absolute atomic E-state index is 0.224. The monoisotopic (exact) mass is 462 g/mol. The van der Waals surface area contributed by atoms with Gasteiger partial charge in [-0.15, -0.1) is 0 Å². The van der Waals surface area contributed by atoms with E-state index in [1.165, 1.54) is 37.7 Å². The number of hydrogen-bond acceptors (Lipinski definition) is 5. The van der Waals surface area contributed by atoms with Gasteiger partial charge in [0.2, 0.25) is 5.89 Å². The second kappa shape index (κ2) is 11.8. The summed E-state index contributed by atoms with van der Waals surface area (Å²) in [5, 5.41) is 8.97. The fourth-order valence-electron chi connectivity index (χ4n) is 4.85. The Morgan fingerprint density at radius 2 is 1.85 bits per heavy atom. The molecular weight excluding hydrogens is 428 g/mol. The maximum absolute atomic E-state index is 10.9. The van der Waals surface area contributed by atoms with Crippen molar-refractivity contribution < 1.29 is 19.1 Å². The van der Waals surface area contributed by atoms with Crippen LogP contribution >= 0.6 is 0 Å². The summed E-state index contributed by atoms with van der Waals surface area (Å²) < 4.78 is 12.0. The normalized spacial score (nSPS) is 15.4. The van der Waals surface area contributed by atoms with Gasteiger partial charge in [0, 0.05) is 6.54 Å². The lowest BCUT2D eigenvalue weighted by atomic mass is 9.77. The molecule has 1 fully saturated rings. The second-order valence-corrected chi connectivity index (χ2v) is 9.22. The molecule has 0 radical (unpaired) electrons. The molecule has 1 N–H and O–H groups in total. The maximum atomic E-state index is 10.9. The fourth-order valence-corrected chi connectivity index (χ4v) is 4.85. The molecule has 6 nitrogen and oxygen atoms in total. The molecule has 1 heterocycles. The average Bonchev–Trinajstić information content (AvgIpc) is 3.31. The van der Waals surface area contributed by atoms with Crippen molar-refractivity contribution in [3.63, 3.8) is 0 Å². The van der Waals surface area contributed by atoms with Crippen LogP contribution in [-0.4, -0.2) is 41.2 Å². The van der Waals surface area contributed by atoms with E-state index in [1.807, 2.05) is 6.20 Å². The molecule has 0 aliphatic heterocycles. The average molecular weight is 463 g/mol. The predicted molar refractivity (Wildman–Crippen MR) is 131 cm³/mol. The lowest BCUT2D eigenvalue weighted by molar-refractivity contribution is 0.0697. The summed E-state index contributed by atoms with van der Waals surface area (Å²) in [4.78, 5) is 17.9. The number of benzene rings is 2. The van der Waals surface area contributed by atoms with E-state index >= 15 is 0 Å². The molecule has 1 aromatic heterocycles. The van der Waals surface area contributed by atoms with E-state index in [1.54, 1.807) is 24.3 Å². The Labute approximate surface area is 201 Å². The lowest BCUT2D eigenvalue weighted by Gasteiger charge is -2.28. The molecule has 3 aromatic rings. The van der Waals surface area contributed by atoms with Crippen LogP contribution in [-0.2, 0) is 6.54 Å². The smallest absolute Gasteiger partial charge is 0.335 e. The SMILES string of the molecule is CN(CCCOc1ccc(C(=O)O)cc1)Cc1cnc(C(c2ccccc2)C2CCCCC2)o1. The van der Waals surface area contributed by atoms with Gasteiger partial charge in [0.05, 0.1) is 30.8 Å². The van der Waals surface area contributed by atoms with Gasteiger partial charge in [-0.2, -0.15) is 0 Å². The molecule has 34 heavy (non-hydrogen) atoms. The number of carboxylic acid groups (broad SMARTS) is 1. The van der Waals surface area contributed by atoms with Gasteiger partial charge in [-0.3, -0.25) is 4.90 Å². The Kier molecular flexibility index (Phi) is 8.36. The van der Waals surface area contributed by atoms with Crippen molar-refractivity contribution in [1.29, 1.82) is 0 Å². The topological polar surface area (TPSA) is 75.8 Å². The van der Waals surface area contributed by atoms with Crippen LogP contribution in [0.25, 0.3) is 0 Å². The molecular formula is C28H34N2O4. The number of carbonyl (C=O) groups is 1. The molecule has 0 bridgehead atoms. The number of nitrogens with zero attached hydrogens (tertiary/aromatic N) is 2. The third kappa shape index (κ3) is 6.48. The minimum Gasteiger partial charge on any atom is -0.494 e. The van der Waals surface area contributed by atoms with Crippen LogP contribution in [0.1, 0.15) is 72.0 Å². The highest BCUT2D eigenvalue weighted by molar-refractivity contribution is 5.87. The standard InChI is InChI=1S/C28H34N2O4/c1-30(17-8-18-33-24-15-13-23(14-16-24)28(31)32)20-25-19-29-27(34-25)26(21-9-4-2-5-10-21)22-11-6-3-7-12-22/h2,4-5,9-10,13-16,19,22,26H,3,6-8,11-12,17-18,20H2,1H3,(H,31,32). The summed E-state index contributed by atoms with van der Waals surface area (Å²) in [7, 11) is 2.07. The summed E-state index contributed by atoms with van der Waals surface area (Å²) in [5.74, 6) is 2.29. The van der Waals surface area contributed by atoms with E-state index in [2.05, 4.69) is 42.3 Å². The van der Waals surface area contributed by atoms with E-state index in [0.29, 0.717) is 24.8 Å². The second-order valence-electron chi connectivity index (χ2n) is 9.22. The van der Waals surface area contributed by atoms with Crippen molar-refractivity contribution in [1.82, 2.24) is 9.88 Å². The Hall–Kier alpha value is -3.12. The Balaban J connectivity index is 1.29. The zero-order valence-corrected chi connectivity index (χ0v) is 19.9. The molecule has 1 aliphatic carbocycles. The van der Waals surface area contributed by atoms with Crippen LogP contribution in [0, 0.1) is 5.92 Å². The van der Waals surface area contributed by atoms with Crippen LogP contribution < -0.4 is 4.74 Å². The van der Waals surface area contributed by atoms with Crippen molar-refractivity contribution in [2.45, 2.75) is 51.0 Å². The summed E-state index contributed by atoms with van der Waals surface area (Å²) in [6.45, 7) is 2.12. The highest BCUT2D eigenvalue weighted by Crippen LogP contribution is 2.40. The third-order valence-corrected chi connectivity index (χ3v) is 6.60. The van der Waals surface area contributed by atoms with Crippen molar-refractivity contribution in [3.05, 3.63) is 83.6 Å². The van der Waals surface area contributed by atoms with Gasteiger partial charge in [0.1, 0.15) is 11.5 Å². The van der Waals surface area contributed by atoms with E-state index in [-0.39, 0.29) is 11.5 Å². The largest absolute Gasteiger partial charge is 0.494 e. The summed E-state index contributed by atoms with van der Waals surface area (Å²) in [5.41, 5.74) is 1.56. The van der Waals surface area contributed by atoms with Crippen molar-refractivity contribution in [3.8, 4) is 5.75 Å². The summed E-state index contributed by atoms with van der Waals surface area (Å²) >= 11 is 0. The lowest BCUT2D eigenvalue weighted by Crippen LogP contribution is -2.20. The number of rotatable bonds is 11. The number of aromatic nitrogens is 1. The molecule has 0 saturated heterocycles. The highest BCUT2D eigenvalue weighted by atomic mass is 16.5. The molecule has 6 heteroatoms. The Morgan fingerprint density at radius 1 is 1.12 bits per heavy atom. The number of oxazole rings is 1. The first kappa shape index (κ1) is 24.0. The first-order chi connectivity index (χ1) is 16.6. The van der Waals surface area contributed by atoms with E-state index in [4.69, 9.17) is 19.2 Å². The zero-order chi connectivity index (χ0) is 23.8. The predicted octanol–water partition coefficient (Wildman–Crippen LogP) is 5.99. The Bertz CT molecular complexity index is 1030. The van der Waals surface area contributed by atoms with Crippen LogP contribution in [0.5, 0.6) is 5.75 Å². The van der Waals surface area contributed by atoms with Crippen molar-refractivity contribution >= 4 is 5.97 Å². The molecule has 4 rings (SSSR count). The molecule has 0 spiro atoms. The van der Waals surface area contributed by atoms with Gasteiger partial charge < -0.3 is 14.3 Å². The summed E-state index contributed by atoms with van der Waals surface area (Å²) in [6, 6.07) is 17.2. The van der Waals surface area contributed by atoms with Gasteiger partial charge in [-0.25, -0.2) is 9.78 Å². The minimum atomic E-state index is -0.933. The van der Waals surface area contributed by atoms with Gasteiger partial charge in [0.15, 0.2) is 0 Å². The molecule has 1 saturated carbocycles. The van der Waals surface area contributed by atoms with Crippen LogP contribution in [0.4, 0.5) is 0 Å². The first-order valence-electron chi connectivity index (χ1n) is 12.2. The number of hydrogen-bond donors (Lipinski definition) is 1. The fraction of sp³-hybridized carbons (Fsp3) is 0.429. The number of carboxylic acids is 1. The number of aromatic carboxylic acids is 1. The molecule has 1 aliphatic rings. The number of ether oxygens (including phenoxy) is 1. The van der Waals surface area contributed by atoms with E-state index < -0.39 is 5.97 Å². The first-order valence-corrected chi connectivity index (χ1v) is 12.2. The quantitative estimate of drug-likeness (QED) is 0.353. The molecule has 0 amide bonds. The molecule has 1 unspecified atom stereocenters. The van der Waals surface area contributed by atoms with Crippen LogP contribution in [0.2, 0.25) is 0 Å². The van der Waals surface area contributed by atoms with Gasteiger partial charge in [0.25, 0.3) is 0 Å². The van der Waals surface area contributed by atoms with Gasteiger partial charge >= 0.3 is 5.97 Å². The van der Waals surface area contributed by atoms with Gasteiger partial charge in [-0.05, 0) is 62.1 Å². The van der Waals surface area contributed by atoms with Crippen LogP contribution in [0.3, 0.4) is 0 Å². The third-order valence-electron chi connectivity index (χ3n) is 6.60. The van der Waals surface area contributed by atoms with E-state index in [0.717, 1.165) is 24.6 Å². The maximum Gasteiger partial charge on any atom is 0.335 e. The molecule has 2 aromatic carbocycles. The summed E-state index contributed by atoms with van der Waals surface area (Å²) in [6.07, 6.45) is 9.10. The van der Waals surface area contributed by atoms with Crippen LogP contribution in [0.15, 0.2) is 65.2 Å².